The summed E-state index contributed by atoms with van der Waals surface area (Å²) in [6.07, 6.45) is 2.15. The number of carbonyl (C=O) groups excluding carboxylic acids is 1. The lowest BCUT2D eigenvalue weighted by molar-refractivity contribution is -0.128. The van der Waals surface area contributed by atoms with Crippen LogP contribution in [0.3, 0.4) is 0 Å². The normalized spacial score (nSPS) is 16.9. The molecule has 0 aliphatic carbocycles. The van der Waals surface area contributed by atoms with Crippen molar-refractivity contribution in [2.75, 3.05) is 11.9 Å². The van der Waals surface area contributed by atoms with E-state index in [9.17, 15) is 4.79 Å². The zero-order valence-corrected chi connectivity index (χ0v) is 14.4. The number of carbonyl (C=O) groups is 1. The fraction of sp³-hybridized carbons (Fsp3) is 0.263. The van der Waals surface area contributed by atoms with Crippen LogP contribution in [-0.4, -0.2) is 38.5 Å². The predicted molar refractivity (Wildman–Crippen MR) is 96.2 cm³/mol. The van der Waals surface area contributed by atoms with Gasteiger partial charge in [-0.15, -0.1) is 0 Å². The number of nitrogens with one attached hydrogen (secondary N) is 1. The molecule has 3 aromatic rings. The highest BCUT2D eigenvalue weighted by atomic mass is 16.5. The van der Waals surface area contributed by atoms with Gasteiger partial charge in [0.1, 0.15) is 5.82 Å². The Morgan fingerprint density at radius 2 is 2.12 bits per heavy atom. The van der Waals surface area contributed by atoms with Gasteiger partial charge >= 0.3 is 0 Å². The number of amides is 1. The second kappa shape index (κ2) is 6.95. The Kier molecular flexibility index (Phi) is 4.35. The van der Waals surface area contributed by atoms with Crippen molar-refractivity contribution in [2.45, 2.75) is 25.9 Å². The van der Waals surface area contributed by atoms with Gasteiger partial charge in [-0.25, -0.2) is 4.98 Å². The van der Waals surface area contributed by atoms with Crippen molar-refractivity contribution >= 4 is 11.7 Å². The predicted octanol–water partition coefficient (Wildman–Crippen LogP) is 2.65. The Hall–Kier alpha value is -3.22. The molecular weight excluding hydrogens is 330 g/mol. The lowest BCUT2D eigenvalue weighted by Crippen LogP contribution is -2.27. The molecule has 26 heavy (non-hydrogen) atoms. The molecule has 1 aromatic carbocycles. The van der Waals surface area contributed by atoms with Gasteiger partial charge in [0.2, 0.25) is 5.91 Å². The van der Waals surface area contributed by atoms with Crippen molar-refractivity contribution in [2.24, 2.45) is 0 Å². The van der Waals surface area contributed by atoms with E-state index in [-0.39, 0.29) is 11.9 Å². The molecule has 7 nitrogen and oxygen atoms in total. The van der Waals surface area contributed by atoms with Crippen LogP contribution in [0.25, 0.3) is 11.5 Å². The largest absolute Gasteiger partial charge is 0.365 e. The lowest BCUT2D eigenvalue weighted by atomic mass is 10.2. The van der Waals surface area contributed by atoms with Crippen molar-refractivity contribution in [3.63, 3.8) is 0 Å². The van der Waals surface area contributed by atoms with Gasteiger partial charge in [-0.2, -0.15) is 4.98 Å². The maximum atomic E-state index is 12.3. The molecule has 0 spiro atoms. The van der Waals surface area contributed by atoms with Crippen molar-refractivity contribution in [3.8, 4) is 11.5 Å². The molecule has 1 N–H and O–H groups in total. The van der Waals surface area contributed by atoms with Gasteiger partial charge in [-0.1, -0.05) is 35.5 Å². The molecule has 2 aromatic heterocycles. The van der Waals surface area contributed by atoms with Crippen LogP contribution in [0, 0.1) is 6.92 Å². The number of aromatic nitrogens is 3. The van der Waals surface area contributed by atoms with Crippen LogP contribution in [0.1, 0.15) is 17.8 Å². The molecule has 0 bridgehead atoms. The topological polar surface area (TPSA) is 84.2 Å². The molecule has 0 radical (unpaired) electrons. The summed E-state index contributed by atoms with van der Waals surface area (Å²) in [4.78, 5) is 22.7. The fourth-order valence-corrected chi connectivity index (χ4v) is 3.09. The first-order valence-corrected chi connectivity index (χ1v) is 8.52. The average Bonchev–Trinajstić information content (AvgIpc) is 3.22. The minimum absolute atomic E-state index is 0.0263. The first-order chi connectivity index (χ1) is 12.7. The molecule has 132 valence electrons. The van der Waals surface area contributed by atoms with E-state index in [1.807, 2.05) is 47.4 Å². The molecule has 1 fully saturated rings. The summed E-state index contributed by atoms with van der Waals surface area (Å²) >= 11 is 0. The van der Waals surface area contributed by atoms with E-state index in [0.29, 0.717) is 37.0 Å². The molecular formula is C19H19N5O2. The van der Waals surface area contributed by atoms with E-state index >= 15 is 0 Å². The number of rotatable bonds is 5. The summed E-state index contributed by atoms with van der Waals surface area (Å²) in [6, 6.07) is 13.7. The number of aryl methyl sites for hydroxylation is 1. The standard InChI is InChI=1S/C19H19N5O2/c1-13-21-19(26-23-13)15-7-8-20-17(9-15)22-16-10-18(25)24(12-16)11-14-5-3-2-4-6-14/h2-9,16H,10-12H2,1H3,(H,20,22). The molecule has 3 heterocycles. The van der Waals surface area contributed by atoms with Crippen LogP contribution in [0.5, 0.6) is 0 Å². The zero-order valence-electron chi connectivity index (χ0n) is 14.4. The molecule has 0 saturated carbocycles. The summed E-state index contributed by atoms with van der Waals surface area (Å²) in [5.74, 6) is 1.89. The SMILES string of the molecule is Cc1noc(-c2ccnc(NC3CC(=O)N(Cc4ccccc4)C3)c2)n1. The summed E-state index contributed by atoms with van der Waals surface area (Å²) in [5.41, 5.74) is 1.93. The van der Waals surface area contributed by atoms with E-state index < -0.39 is 0 Å². The van der Waals surface area contributed by atoms with E-state index in [1.54, 1.807) is 13.1 Å². The zero-order chi connectivity index (χ0) is 17.9. The minimum Gasteiger partial charge on any atom is -0.365 e. The number of nitrogens with zero attached hydrogens (tertiary/aromatic N) is 4. The number of hydrogen-bond donors (Lipinski definition) is 1. The van der Waals surface area contributed by atoms with Crippen LogP contribution in [0.4, 0.5) is 5.82 Å². The van der Waals surface area contributed by atoms with Crippen LogP contribution in [-0.2, 0) is 11.3 Å². The van der Waals surface area contributed by atoms with Gasteiger partial charge in [-0.05, 0) is 24.6 Å². The Morgan fingerprint density at radius 1 is 1.27 bits per heavy atom. The Morgan fingerprint density at radius 3 is 2.88 bits per heavy atom. The molecule has 1 aliphatic rings. The molecule has 1 amide bonds. The quantitative estimate of drug-likeness (QED) is 0.762. The number of likely N-dealkylation sites (tertiary alicyclic amines) is 1. The Balaban J connectivity index is 1.43. The highest BCUT2D eigenvalue weighted by Crippen LogP contribution is 2.22. The van der Waals surface area contributed by atoms with E-state index in [1.165, 1.54) is 0 Å². The van der Waals surface area contributed by atoms with Gasteiger partial charge in [0, 0.05) is 31.3 Å². The van der Waals surface area contributed by atoms with E-state index in [2.05, 4.69) is 20.4 Å². The summed E-state index contributed by atoms with van der Waals surface area (Å²) in [6.45, 7) is 3.06. The first-order valence-electron chi connectivity index (χ1n) is 8.52. The number of hydrogen-bond acceptors (Lipinski definition) is 6. The molecule has 4 rings (SSSR count). The van der Waals surface area contributed by atoms with Crippen LogP contribution in [0.2, 0.25) is 0 Å². The van der Waals surface area contributed by atoms with Gasteiger partial charge in [-0.3, -0.25) is 4.79 Å². The molecule has 1 atom stereocenters. The maximum absolute atomic E-state index is 12.3. The average molecular weight is 349 g/mol. The van der Waals surface area contributed by atoms with Gasteiger partial charge in [0.05, 0.1) is 6.04 Å². The first kappa shape index (κ1) is 16.3. The smallest absolute Gasteiger partial charge is 0.258 e. The number of pyridine rings is 1. The van der Waals surface area contributed by atoms with Crippen LogP contribution in [0.15, 0.2) is 53.2 Å². The van der Waals surface area contributed by atoms with Crippen molar-refractivity contribution in [1.29, 1.82) is 0 Å². The second-order valence-electron chi connectivity index (χ2n) is 6.38. The highest BCUT2D eigenvalue weighted by molar-refractivity contribution is 5.80. The number of anilines is 1. The Labute approximate surface area is 151 Å². The molecule has 7 heteroatoms. The Bertz CT molecular complexity index is 909. The van der Waals surface area contributed by atoms with Gasteiger partial charge in [0.25, 0.3) is 5.89 Å². The van der Waals surface area contributed by atoms with Crippen LogP contribution < -0.4 is 5.32 Å². The van der Waals surface area contributed by atoms with Crippen LogP contribution >= 0.6 is 0 Å². The molecule has 1 unspecified atom stereocenters. The minimum atomic E-state index is 0.0263. The highest BCUT2D eigenvalue weighted by Gasteiger charge is 2.29. The van der Waals surface area contributed by atoms with E-state index in [0.717, 1.165) is 11.1 Å². The molecule has 1 aliphatic heterocycles. The lowest BCUT2D eigenvalue weighted by Gasteiger charge is -2.17. The third-order valence-electron chi connectivity index (χ3n) is 4.32. The molecule has 1 saturated heterocycles. The third kappa shape index (κ3) is 3.56. The third-order valence-corrected chi connectivity index (χ3v) is 4.32. The number of benzene rings is 1. The monoisotopic (exact) mass is 349 g/mol. The van der Waals surface area contributed by atoms with Crippen molar-refractivity contribution in [1.82, 2.24) is 20.0 Å². The van der Waals surface area contributed by atoms with E-state index in [4.69, 9.17) is 4.52 Å². The maximum Gasteiger partial charge on any atom is 0.258 e. The summed E-state index contributed by atoms with van der Waals surface area (Å²) in [5, 5.41) is 7.15. The van der Waals surface area contributed by atoms with Gasteiger partial charge in [0.15, 0.2) is 5.82 Å². The second-order valence-corrected chi connectivity index (χ2v) is 6.38. The fourth-order valence-electron chi connectivity index (χ4n) is 3.09. The summed E-state index contributed by atoms with van der Waals surface area (Å²) < 4.78 is 5.20. The van der Waals surface area contributed by atoms with Gasteiger partial charge < -0.3 is 14.7 Å². The van der Waals surface area contributed by atoms with Crippen molar-refractivity contribution < 1.29 is 9.32 Å². The van der Waals surface area contributed by atoms with Crippen molar-refractivity contribution in [3.05, 3.63) is 60.0 Å². The summed E-state index contributed by atoms with van der Waals surface area (Å²) in [7, 11) is 0.